The number of aryl methyl sites for hydroxylation is 3. The van der Waals surface area contributed by atoms with Gasteiger partial charge in [0.25, 0.3) is 17.9 Å². The number of amides is 1. The number of carbonyl (C=O) groups excluding carboxylic acids is 1. The van der Waals surface area contributed by atoms with Crippen molar-refractivity contribution in [1.29, 1.82) is 0 Å². The topological polar surface area (TPSA) is 159 Å². The summed E-state index contributed by atoms with van der Waals surface area (Å²) in [6.45, 7) is 2.72. The van der Waals surface area contributed by atoms with Crippen LogP contribution in [-0.2, 0) is 40.8 Å². The van der Waals surface area contributed by atoms with E-state index in [1.165, 1.54) is 29.9 Å². The van der Waals surface area contributed by atoms with Gasteiger partial charge in [0.15, 0.2) is 5.82 Å². The monoisotopic (exact) mass is 909 g/mol. The van der Waals surface area contributed by atoms with Crippen molar-refractivity contribution in [3.05, 3.63) is 127 Å². The first kappa shape index (κ1) is 42.0. The fourth-order valence-electron chi connectivity index (χ4n) is 8.73. The molecule has 0 spiro atoms. The summed E-state index contributed by atoms with van der Waals surface area (Å²) in [5.41, 5.74) is 0.267. The third-order valence-corrected chi connectivity index (χ3v) is 12.1. The highest BCUT2D eigenvalue weighted by atomic mass is 35.5. The van der Waals surface area contributed by atoms with Crippen molar-refractivity contribution in [1.82, 2.24) is 39.4 Å². The number of pyridine rings is 1. The summed E-state index contributed by atoms with van der Waals surface area (Å²) in [6.07, 6.45) is -2.76. The van der Waals surface area contributed by atoms with Crippen LogP contribution >= 0.6 is 11.6 Å². The molecule has 21 heteroatoms. The Morgan fingerprint density at radius 3 is 2.41 bits per heavy atom. The molecule has 2 N–H and O–H groups in total. The van der Waals surface area contributed by atoms with Gasteiger partial charge in [-0.1, -0.05) is 17.7 Å². The van der Waals surface area contributed by atoms with Crippen molar-refractivity contribution in [2.24, 2.45) is 13.0 Å². The lowest BCUT2D eigenvalue weighted by Gasteiger charge is -2.24. The highest BCUT2D eigenvalue weighted by Gasteiger charge is 2.67. The highest BCUT2D eigenvalue weighted by molar-refractivity contribution is 7.92. The Labute approximate surface area is 358 Å². The molecule has 1 amide bonds. The SMILES string of the molecule is Cc1cc(C)nc(-c2ccc3c(=O)n(-c4ccc(Cl)c5c(NS(C)(=O)=O)nn(C)c45)c([C@H](Cc4cc(F)cc(F)c4)NC(=O)Cn4nc(C(F)F)c5c4C(F)(F)[C@@H]4C[C@H]54)nc3c2)c1. The minimum atomic E-state index is -3.91. The van der Waals surface area contributed by atoms with Crippen LogP contribution in [0.4, 0.5) is 32.2 Å². The van der Waals surface area contributed by atoms with Crippen molar-refractivity contribution in [3.8, 4) is 16.9 Å². The quantitative estimate of drug-likeness (QED) is 0.125. The van der Waals surface area contributed by atoms with E-state index in [1.807, 2.05) is 26.0 Å². The first-order valence-electron chi connectivity index (χ1n) is 19.4. The van der Waals surface area contributed by atoms with Gasteiger partial charge in [0, 0.05) is 42.3 Å². The van der Waals surface area contributed by atoms with Gasteiger partial charge in [-0.25, -0.2) is 31.0 Å². The molecule has 1 saturated carbocycles. The molecule has 0 aliphatic heterocycles. The maximum atomic E-state index is 15.5. The van der Waals surface area contributed by atoms with Crippen LogP contribution in [0.25, 0.3) is 38.8 Å². The Morgan fingerprint density at radius 2 is 1.73 bits per heavy atom. The molecule has 3 aromatic carbocycles. The number of fused-ring (bicyclic) bond motifs is 5. The molecule has 1 fully saturated rings. The van der Waals surface area contributed by atoms with E-state index < -0.39 is 87.7 Å². The summed E-state index contributed by atoms with van der Waals surface area (Å²) < 4.78 is 119. The molecule has 13 nitrogen and oxygen atoms in total. The number of nitrogens with zero attached hydrogens (tertiary/aromatic N) is 7. The van der Waals surface area contributed by atoms with Crippen molar-refractivity contribution in [3.63, 3.8) is 0 Å². The van der Waals surface area contributed by atoms with Gasteiger partial charge in [-0.15, -0.1) is 0 Å². The number of hydrogen-bond donors (Lipinski definition) is 2. The van der Waals surface area contributed by atoms with Crippen LogP contribution in [0.5, 0.6) is 0 Å². The van der Waals surface area contributed by atoms with E-state index in [4.69, 9.17) is 16.6 Å². The zero-order valence-electron chi connectivity index (χ0n) is 33.5. The molecule has 7 aromatic rings. The number of hydrogen-bond acceptors (Lipinski definition) is 8. The maximum Gasteiger partial charge on any atom is 0.293 e. The number of nitrogens with one attached hydrogen (secondary N) is 2. The third-order valence-electron chi connectivity index (χ3n) is 11.2. The summed E-state index contributed by atoms with van der Waals surface area (Å²) in [6, 6.07) is 12.4. The molecule has 2 aliphatic carbocycles. The van der Waals surface area contributed by atoms with Gasteiger partial charge in [-0.2, -0.15) is 19.0 Å². The van der Waals surface area contributed by atoms with Crippen LogP contribution in [0.2, 0.25) is 5.02 Å². The molecule has 2 aliphatic rings. The predicted octanol–water partition coefficient (Wildman–Crippen LogP) is 7.70. The summed E-state index contributed by atoms with van der Waals surface area (Å²) in [4.78, 5) is 38.8. The lowest BCUT2D eigenvalue weighted by molar-refractivity contribution is -0.123. The molecule has 0 unspecified atom stereocenters. The summed E-state index contributed by atoms with van der Waals surface area (Å²) in [5.74, 6) is -9.00. The van der Waals surface area contributed by atoms with Crippen LogP contribution in [0, 0.1) is 31.4 Å². The van der Waals surface area contributed by atoms with Crippen molar-refractivity contribution >= 4 is 55.2 Å². The Kier molecular flexibility index (Phi) is 9.96. The van der Waals surface area contributed by atoms with Gasteiger partial charge in [-0.3, -0.25) is 33.2 Å². The molecular weight excluding hydrogens is 876 g/mol. The minimum Gasteiger partial charge on any atom is -0.344 e. The summed E-state index contributed by atoms with van der Waals surface area (Å²) in [5, 5.41) is 10.9. The van der Waals surface area contributed by atoms with Crippen LogP contribution < -0.4 is 15.6 Å². The van der Waals surface area contributed by atoms with Gasteiger partial charge >= 0.3 is 0 Å². The van der Waals surface area contributed by atoms with E-state index in [0.717, 1.165) is 28.5 Å². The van der Waals surface area contributed by atoms with Crippen molar-refractivity contribution in [2.45, 2.75) is 57.5 Å². The van der Waals surface area contributed by atoms with E-state index in [0.29, 0.717) is 27.7 Å². The molecule has 0 radical (unpaired) electrons. The number of carbonyl (C=O) groups is 1. The second-order valence-electron chi connectivity index (χ2n) is 15.9. The summed E-state index contributed by atoms with van der Waals surface area (Å²) in [7, 11) is -2.45. The lowest BCUT2D eigenvalue weighted by Crippen LogP contribution is -2.38. The smallest absolute Gasteiger partial charge is 0.293 e. The van der Waals surface area contributed by atoms with Crippen LogP contribution in [0.3, 0.4) is 0 Å². The van der Waals surface area contributed by atoms with E-state index in [2.05, 4.69) is 25.2 Å². The number of aromatic nitrogens is 7. The van der Waals surface area contributed by atoms with E-state index >= 15 is 13.6 Å². The van der Waals surface area contributed by atoms with Gasteiger partial charge in [0.2, 0.25) is 15.9 Å². The normalized spacial score (nSPS) is 17.0. The average Bonchev–Trinajstić information content (AvgIpc) is 3.72. The van der Waals surface area contributed by atoms with Crippen LogP contribution in [0.15, 0.2) is 65.5 Å². The number of anilines is 1. The standard InChI is InChI=1S/C42H34ClF6N9O4S/c1-18-9-19(2)50-28(10-18)21-5-6-24-29(14-21)52-40(58(41(24)60)31-8-7-27(43)34-36(31)56(3)54-39(34)55-63(4,61)62)30(13-20-11-22(44)15-23(45)12-20)51-32(59)17-57-37-33(35(53-57)38(46)47)25-16-26(25)42(37,48)49/h5-12,14-15,25-26,30,38H,13,16-17H2,1-4H3,(H,51,59)(H,54,55)/t25-,26+,30-/m0/s1. The molecular formula is C42H34ClF6N9O4S. The molecule has 4 heterocycles. The molecule has 3 atom stereocenters. The van der Waals surface area contributed by atoms with Crippen LogP contribution in [-0.4, -0.2) is 54.7 Å². The van der Waals surface area contributed by atoms with Gasteiger partial charge in [0.1, 0.15) is 35.4 Å². The Bertz CT molecular complexity index is 3220. The summed E-state index contributed by atoms with van der Waals surface area (Å²) >= 11 is 6.64. The van der Waals surface area contributed by atoms with Gasteiger partial charge in [0.05, 0.1) is 50.5 Å². The molecule has 63 heavy (non-hydrogen) atoms. The Morgan fingerprint density at radius 1 is 1.00 bits per heavy atom. The predicted molar refractivity (Wildman–Crippen MR) is 221 cm³/mol. The lowest BCUT2D eigenvalue weighted by atomic mass is 10.0. The van der Waals surface area contributed by atoms with Crippen LogP contribution in [0.1, 0.15) is 64.4 Å². The molecule has 0 bridgehead atoms. The average molecular weight is 910 g/mol. The van der Waals surface area contributed by atoms with Gasteiger partial charge in [-0.05, 0) is 85.8 Å². The minimum absolute atomic E-state index is 0.00323. The number of benzene rings is 3. The number of halogens is 7. The molecule has 9 rings (SSSR count). The number of alkyl halides is 4. The highest BCUT2D eigenvalue weighted by Crippen LogP contribution is 2.68. The third kappa shape index (κ3) is 7.47. The second-order valence-corrected chi connectivity index (χ2v) is 18.1. The first-order valence-corrected chi connectivity index (χ1v) is 21.6. The fraction of sp³-hybridized carbons (Fsp3) is 0.286. The number of rotatable bonds is 11. The first-order chi connectivity index (χ1) is 29.7. The second kappa shape index (κ2) is 14.9. The van der Waals surface area contributed by atoms with Crippen molar-refractivity contribution in [2.75, 3.05) is 11.0 Å². The molecule has 326 valence electrons. The zero-order chi connectivity index (χ0) is 45.0. The molecule has 4 aromatic heterocycles. The van der Waals surface area contributed by atoms with E-state index in [1.54, 1.807) is 12.1 Å². The zero-order valence-corrected chi connectivity index (χ0v) is 35.1. The van der Waals surface area contributed by atoms with Crippen molar-refractivity contribution < 1.29 is 39.6 Å². The van der Waals surface area contributed by atoms with E-state index in [9.17, 15) is 30.8 Å². The number of sulfonamides is 1. The van der Waals surface area contributed by atoms with E-state index in [-0.39, 0.29) is 61.7 Å². The largest absolute Gasteiger partial charge is 0.344 e. The fourth-order valence-corrected chi connectivity index (χ4v) is 9.46. The molecule has 0 saturated heterocycles. The maximum absolute atomic E-state index is 15.5. The van der Waals surface area contributed by atoms with Gasteiger partial charge < -0.3 is 5.32 Å². The Balaban J connectivity index is 1.26. The Hall–Kier alpha value is -6.28.